The summed E-state index contributed by atoms with van der Waals surface area (Å²) in [5, 5.41) is 14.4. The molecule has 2 heterocycles. The normalized spacial score (nSPS) is 22.4. The number of carbonyl (C=O) groups is 1. The van der Waals surface area contributed by atoms with Crippen molar-refractivity contribution >= 4 is 11.7 Å². The SMILES string of the molecule is O=C(Nc1ccccc1)N1CCC2(CC1)c1ccccc1[C@@H](n1ccnc1)[C@@H]2O. The Morgan fingerprint density at radius 3 is 2.52 bits per heavy atom. The van der Waals surface area contributed by atoms with Crippen LogP contribution in [0.3, 0.4) is 0 Å². The lowest BCUT2D eigenvalue weighted by Gasteiger charge is -2.42. The van der Waals surface area contributed by atoms with E-state index in [-0.39, 0.29) is 17.5 Å². The Balaban J connectivity index is 1.38. The standard InChI is InChI=1S/C23H24N4O2/c28-21-20(27-15-12-24-16-27)18-8-4-5-9-19(18)23(21)10-13-26(14-11-23)22(29)25-17-6-2-1-3-7-17/h1-9,12,15-16,20-21,28H,10-11,13-14H2,(H,25,29)/t20-,21+/m1/s1. The molecule has 1 fully saturated rings. The van der Waals surface area contributed by atoms with Gasteiger partial charge in [-0.05, 0) is 36.1 Å². The van der Waals surface area contributed by atoms with Crippen LogP contribution in [0.2, 0.25) is 0 Å². The number of nitrogens with one attached hydrogen (secondary N) is 1. The monoisotopic (exact) mass is 388 g/mol. The molecule has 0 bridgehead atoms. The van der Waals surface area contributed by atoms with Gasteiger partial charge in [0.05, 0.1) is 18.5 Å². The number of aromatic nitrogens is 2. The van der Waals surface area contributed by atoms with Crippen LogP contribution in [-0.4, -0.2) is 44.8 Å². The van der Waals surface area contributed by atoms with Gasteiger partial charge in [-0.3, -0.25) is 0 Å². The molecule has 0 radical (unpaired) electrons. The molecule has 5 rings (SSSR count). The number of hydrogen-bond acceptors (Lipinski definition) is 3. The van der Waals surface area contributed by atoms with E-state index in [1.165, 1.54) is 5.56 Å². The molecule has 2 N–H and O–H groups in total. The van der Waals surface area contributed by atoms with Gasteiger partial charge in [0.2, 0.25) is 0 Å². The van der Waals surface area contributed by atoms with Gasteiger partial charge in [0, 0.05) is 36.6 Å². The van der Waals surface area contributed by atoms with Crippen LogP contribution in [0.4, 0.5) is 10.5 Å². The van der Waals surface area contributed by atoms with Crippen molar-refractivity contribution in [2.24, 2.45) is 0 Å². The number of hydrogen-bond donors (Lipinski definition) is 2. The zero-order chi connectivity index (χ0) is 19.8. The van der Waals surface area contributed by atoms with Crippen LogP contribution >= 0.6 is 0 Å². The summed E-state index contributed by atoms with van der Waals surface area (Å²) in [5.74, 6) is 0. The molecule has 6 nitrogen and oxygen atoms in total. The van der Waals surface area contributed by atoms with E-state index in [0.717, 1.165) is 24.1 Å². The molecule has 1 aliphatic carbocycles. The van der Waals surface area contributed by atoms with Gasteiger partial charge in [0.25, 0.3) is 0 Å². The van der Waals surface area contributed by atoms with Gasteiger partial charge in [0.15, 0.2) is 0 Å². The molecule has 2 aromatic carbocycles. The number of nitrogens with zero attached hydrogens (tertiary/aromatic N) is 3. The van der Waals surface area contributed by atoms with Crippen molar-refractivity contribution in [3.8, 4) is 0 Å². The summed E-state index contributed by atoms with van der Waals surface area (Å²) in [6.45, 7) is 1.22. The van der Waals surface area contributed by atoms with Crippen molar-refractivity contribution in [2.45, 2.75) is 30.4 Å². The maximum atomic E-state index is 12.7. The van der Waals surface area contributed by atoms with Crippen molar-refractivity contribution < 1.29 is 9.90 Å². The summed E-state index contributed by atoms with van der Waals surface area (Å²) in [7, 11) is 0. The number of rotatable bonds is 2. The van der Waals surface area contributed by atoms with Crippen LogP contribution in [0, 0.1) is 0 Å². The van der Waals surface area contributed by atoms with Gasteiger partial charge in [-0.15, -0.1) is 0 Å². The molecule has 1 aliphatic heterocycles. The predicted molar refractivity (Wildman–Crippen MR) is 111 cm³/mol. The number of amides is 2. The number of likely N-dealkylation sites (tertiary alicyclic amines) is 1. The third-order valence-electron chi connectivity index (χ3n) is 6.50. The zero-order valence-electron chi connectivity index (χ0n) is 16.1. The number of aliphatic hydroxyl groups is 1. The van der Waals surface area contributed by atoms with Crippen LogP contribution in [0.25, 0.3) is 0 Å². The second kappa shape index (κ2) is 7.04. The van der Waals surface area contributed by atoms with Crippen LogP contribution in [0.5, 0.6) is 0 Å². The number of imidazole rings is 1. The summed E-state index contributed by atoms with van der Waals surface area (Å²) in [5.41, 5.74) is 2.81. The Labute approximate surface area is 169 Å². The third kappa shape index (κ3) is 2.91. The predicted octanol–water partition coefficient (Wildman–Crippen LogP) is 3.41. The Hall–Kier alpha value is -3.12. The largest absolute Gasteiger partial charge is 0.390 e. The van der Waals surface area contributed by atoms with Gasteiger partial charge in [0.1, 0.15) is 0 Å². The number of para-hydroxylation sites is 1. The number of fused-ring (bicyclic) bond motifs is 2. The van der Waals surface area contributed by atoms with Crippen molar-refractivity contribution in [1.29, 1.82) is 0 Å². The molecule has 1 spiro atoms. The Morgan fingerprint density at radius 2 is 1.79 bits per heavy atom. The second-order valence-electron chi connectivity index (χ2n) is 7.93. The van der Waals surface area contributed by atoms with Gasteiger partial charge >= 0.3 is 6.03 Å². The number of anilines is 1. The van der Waals surface area contributed by atoms with E-state index in [4.69, 9.17) is 0 Å². The maximum Gasteiger partial charge on any atom is 0.321 e. The topological polar surface area (TPSA) is 70.4 Å². The molecular weight excluding hydrogens is 364 g/mol. The number of aliphatic hydroxyl groups excluding tert-OH is 1. The van der Waals surface area contributed by atoms with E-state index >= 15 is 0 Å². The summed E-state index contributed by atoms with van der Waals surface area (Å²) < 4.78 is 1.99. The van der Waals surface area contributed by atoms with E-state index in [0.29, 0.717) is 13.1 Å². The molecule has 1 saturated heterocycles. The fraction of sp³-hybridized carbons (Fsp3) is 0.304. The van der Waals surface area contributed by atoms with Gasteiger partial charge in [-0.25, -0.2) is 9.78 Å². The lowest BCUT2D eigenvalue weighted by atomic mass is 9.72. The molecule has 2 atom stereocenters. The summed E-state index contributed by atoms with van der Waals surface area (Å²) in [6.07, 6.45) is 6.35. The van der Waals surface area contributed by atoms with Crippen molar-refractivity contribution in [3.05, 3.63) is 84.4 Å². The van der Waals surface area contributed by atoms with E-state index < -0.39 is 6.10 Å². The highest BCUT2D eigenvalue weighted by atomic mass is 16.3. The molecule has 29 heavy (non-hydrogen) atoms. The van der Waals surface area contributed by atoms with E-state index in [1.54, 1.807) is 12.5 Å². The quantitative estimate of drug-likeness (QED) is 0.707. The first-order valence-corrected chi connectivity index (χ1v) is 10.0. The van der Waals surface area contributed by atoms with Gasteiger partial charge in [-0.2, -0.15) is 0 Å². The fourth-order valence-electron chi connectivity index (χ4n) is 5.00. The molecule has 148 valence electrons. The number of urea groups is 1. The van der Waals surface area contributed by atoms with Crippen LogP contribution in [0.1, 0.15) is 30.0 Å². The average Bonchev–Trinajstić information content (AvgIpc) is 3.36. The fourth-order valence-corrected chi connectivity index (χ4v) is 5.00. The number of benzene rings is 2. The minimum Gasteiger partial charge on any atom is -0.390 e. The van der Waals surface area contributed by atoms with Gasteiger partial charge in [-0.1, -0.05) is 42.5 Å². The highest BCUT2D eigenvalue weighted by Crippen LogP contribution is 2.52. The molecule has 0 saturated carbocycles. The average molecular weight is 388 g/mol. The lowest BCUT2D eigenvalue weighted by molar-refractivity contribution is 0.0300. The number of piperidine rings is 1. The first kappa shape index (κ1) is 17.9. The van der Waals surface area contributed by atoms with Crippen molar-refractivity contribution in [2.75, 3.05) is 18.4 Å². The second-order valence-corrected chi connectivity index (χ2v) is 7.93. The highest BCUT2D eigenvalue weighted by Gasteiger charge is 2.53. The Bertz CT molecular complexity index is 995. The van der Waals surface area contributed by atoms with Crippen LogP contribution in [-0.2, 0) is 5.41 Å². The van der Waals surface area contributed by atoms with E-state index in [2.05, 4.69) is 22.4 Å². The smallest absolute Gasteiger partial charge is 0.321 e. The van der Waals surface area contributed by atoms with Crippen LogP contribution in [0.15, 0.2) is 73.3 Å². The number of carbonyl (C=O) groups excluding carboxylic acids is 1. The molecule has 1 aromatic heterocycles. The zero-order valence-corrected chi connectivity index (χ0v) is 16.1. The Kier molecular flexibility index (Phi) is 4.36. The minimum atomic E-state index is -0.548. The maximum absolute atomic E-state index is 12.7. The molecular formula is C23H24N4O2. The van der Waals surface area contributed by atoms with E-state index in [9.17, 15) is 9.90 Å². The van der Waals surface area contributed by atoms with E-state index in [1.807, 2.05) is 58.1 Å². The molecule has 0 unspecified atom stereocenters. The van der Waals surface area contributed by atoms with Crippen LogP contribution < -0.4 is 5.32 Å². The first-order chi connectivity index (χ1) is 14.2. The van der Waals surface area contributed by atoms with Crippen molar-refractivity contribution in [3.63, 3.8) is 0 Å². The third-order valence-corrected chi connectivity index (χ3v) is 6.50. The summed E-state index contributed by atoms with van der Waals surface area (Å²) in [4.78, 5) is 18.7. The van der Waals surface area contributed by atoms with Gasteiger partial charge < -0.3 is 19.9 Å². The molecule has 3 aromatic rings. The lowest BCUT2D eigenvalue weighted by Crippen LogP contribution is -2.50. The molecule has 2 amide bonds. The first-order valence-electron chi connectivity index (χ1n) is 10.0. The van der Waals surface area contributed by atoms with Crippen molar-refractivity contribution in [1.82, 2.24) is 14.5 Å². The molecule has 6 heteroatoms. The highest BCUT2D eigenvalue weighted by molar-refractivity contribution is 5.89. The Morgan fingerprint density at radius 1 is 1.07 bits per heavy atom. The summed E-state index contributed by atoms with van der Waals surface area (Å²) in [6, 6.07) is 17.6. The minimum absolute atomic E-state index is 0.0852. The summed E-state index contributed by atoms with van der Waals surface area (Å²) >= 11 is 0. The molecule has 2 aliphatic rings.